The average Bonchev–Trinajstić information content (AvgIpc) is 2.28. The third-order valence-electron chi connectivity index (χ3n) is 2.14. The molecule has 98 valence electrons. The van der Waals surface area contributed by atoms with Gasteiger partial charge in [0.15, 0.2) is 11.3 Å². The van der Waals surface area contributed by atoms with Gasteiger partial charge >= 0.3 is 6.61 Å². The van der Waals surface area contributed by atoms with E-state index < -0.39 is 6.61 Å². The summed E-state index contributed by atoms with van der Waals surface area (Å²) in [6.45, 7) is 1.01. The predicted octanol–water partition coefficient (Wildman–Crippen LogP) is 3.04. The molecule has 0 saturated carbocycles. The molecule has 1 rings (SSSR count). The second-order valence-corrected chi connectivity index (χ2v) is 3.63. The molecule has 0 N–H and O–H groups in total. The zero-order valence-corrected chi connectivity index (χ0v) is 10.2. The first-order valence-electron chi connectivity index (χ1n) is 5.57. The van der Waals surface area contributed by atoms with Gasteiger partial charge < -0.3 is 9.47 Å². The number of nitriles is 1. The number of ether oxygens (including phenoxy) is 2. The van der Waals surface area contributed by atoms with Crippen LogP contribution >= 0.6 is 0 Å². The fourth-order valence-electron chi connectivity index (χ4n) is 1.33. The van der Waals surface area contributed by atoms with Crippen molar-refractivity contribution in [3.05, 3.63) is 17.3 Å². The molecule has 0 amide bonds. The van der Waals surface area contributed by atoms with E-state index in [1.54, 1.807) is 13.0 Å². The maximum atomic E-state index is 12.2. The number of alkyl halides is 2. The van der Waals surface area contributed by atoms with Crippen molar-refractivity contribution in [1.29, 1.82) is 5.26 Å². The molecule has 0 saturated heterocycles. The predicted molar refractivity (Wildman–Crippen MR) is 60.7 cm³/mol. The molecule has 0 bridgehead atoms. The van der Waals surface area contributed by atoms with Crippen LogP contribution in [0.4, 0.5) is 8.78 Å². The number of pyridine rings is 1. The molecule has 0 radical (unpaired) electrons. The number of unbranched alkanes of at least 4 members (excludes halogenated alkanes) is 1. The zero-order valence-electron chi connectivity index (χ0n) is 10.2. The van der Waals surface area contributed by atoms with Crippen LogP contribution in [0, 0.1) is 18.3 Å². The first-order chi connectivity index (χ1) is 8.58. The van der Waals surface area contributed by atoms with Crippen LogP contribution in [0.1, 0.15) is 31.0 Å². The number of hydrogen-bond donors (Lipinski definition) is 0. The maximum Gasteiger partial charge on any atom is 0.387 e. The lowest BCUT2D eigenvalue weighted by atomic mass is 10.2. The van der Waals surface area contributed by atoms with Crippen molar-refractivity contribution in [3.63, 3.8) is 0 Å². The fraction of sp³-hybridized carbons (Fsp3) is 0.500. The van der Waals surface area contributed by atoms with Crippen molar-refractivity contribution < 1.29 is 18.3 Å². The van der Waals surface area contributed by atoms with Crippen LogP contribution < -0.4 is 9.47 Å². The molecule has 0 atom stereocenters. The van der Waals surface area contributed by atoms with Crippen LogP contribution in [0.25, 0.3) is 0 Å². The van der Waals surface area contributed by atoms with Gasteiger partial charge in [0.2, 0.25) is 5.88 Å². The molecule has 1 aromatic heterocycles. The number of hydrogen-bond acceptors (Lipinski definition) is 4. The minimum atomic E-state index is -2.98. The van der Waals surface area contributed by atoms with Crippen molar-refractivity contribution in [3.8, 4) is 17.7 Å². The van der Waals surface area contributed by atoms with Gasteiger partial charge in [-0.05, 0) is 13.3 Å². The first kappa shape index (κ1) is 14.2. The molecule has 0 fully saturated rings. The van der Waals surface area contributed by atoms with Gasteiger partial charge in [-0.25, -0.2) is 4.98 Å². The van der Waals surface area contributed by atoms with E-state index >= 15 is 0 Å². The Labute approximate surface area is 104 Å². The summed E-state index contributed by atoms with van der Waals surface area (Å²) in [5.74, 6) is -0.159. The Morgan fingerprint density at radius 2 is 2.22 bits per heavy atom. The summed E-state index contributed by atoms with van der Waals surface area (Å²) in [6.07, 6.45) is 1.72. The van der Waals surface area contributed by atoms with Gasteiger partial charge in [-0.15, -0.1) is 0 Å². The lowest BCUT2D eigenvalue weighted by molar-refractivity contribution is -0.0502. The van der Waals surface area contributed by atoms with E-state index in [1.165, 1.54) is 6.07 Å². The summed E-state index contributed by atoms with van der Waals surface area (Å²) in [6, 6.07) is 3.07. The van der Waals surface area contributed by atoms with Gasteiger partial charge in [-0.1, -0.05) is 13.3 Å². The van der Waals surface area contributed by atoms with E-state index in [1.807, 2.05) is 6.92 Å². The lowest BCUT2D eigenvalue weighted by Crippen LogP contribution is -2.07. The van der Waals surface area contributed by atoms with Crippen LogP contribution in [0.5, 0.6) is 11.6 Å². The van der Waals surface area contributed by atoms with Gasteiger partial charge in [-0.3, -0.25) is 0 Å². The van der Waals surface area contributed by atoms with Crippen LogP contribution in [-0.2, 0) is 0 Å². The lowest BCUT2D eigenvalue weighted by Gasteiger charge is -2.11. The van der Waals surface area contributed by atoms with Gasteiger partial charge in [0.25, 0.3) is 0 Å². The van der Waals surface area contributed by atoms with Gasteiger partial charge in [-0.2, -0.15) is 14.0 Å². The Balaban J connectivity index is 3.01. The Kier molecular flexibility index (Phi) is 5.31. The van der Waals surface area contributed by atoms with Crippen molar-refractivity contribution in [2.75, 3.05) is 6.61 Å². The first-order valence-corrected chi connectivity index (χ1v) is 5.57. The number of nitrogens with zero attached hydrogens (tertiary/aromatic N) is 2. The molecule has 18 heavy (non-hydrogen) atoms. The Bertz CT molecular complexity index is 444. The molecule has 0 spiro atoms. The Morgan fingerprint density at radius 3 is 2.78 bits per heavy atom. The quantitative estimate of drug-likeness (QED) is 0.734. The second-order valence-electron chi connectivity index (χ2n) is 3.63. The molecule has 1 heterocycles. The molecule has 6 heteroatoms. The number of halogens is 2. The van der Waals surface area contributed by atoms with E-state index in [0.29, 0.717) is 12.3 Å². The highest BCUT2D eigenvalue weighted by Gasteiger charge is 2.17. The molecular formula is C12H14F2N2O2. The highest BCUT2D eigenvalue weighted by molar-refractivity contribution is 5.50. The number of rotatable bonds is 6. The third kappa shape index (κ3) is 3.84. The standard InChI is InChI=1S/C12H14F2N2O2/c1-3-4-5-17-11-9(7-15)10(18-12(13)14)6-8(2)16-11/h6,12H,3-5H2,1-2H3. The molecule has 0 aliphatic carbocycles. The second kappa shape index (κ2) is 6.74. The average molecular weight is 256 g/mol. The zero-order chi connectivity index (χ0) is 13.5. The van der Waals surface area contributed by atoms with E-state index in [4.69, 9.17) is 10.00 Å². The topological polar surface area (TPSA) is 55.1 Å². The highest BCUT2D eigenvalue weighted by Crippen LogP contribution is 2.28. The summed E-state index contributed by atoms with van der Waals surface area (Å²) in [7, 11) is 0. The molecule has 0 aliphatic rings. The van der Waals surface area contributed by atoms with Gasteiger partial charge in [0, 0.05) is 11.8 Å². The van der Waals surface area contributed by atoms with Crippen molar-refractivity contribution >= 4 is 0 Å². The monoisotopic (exact) mass is 256 g/mol. The van der Waals surface area contributed by atoms with E-state index in [-0.39, 0.29) is 17.2 Å². The van der Waals surface area contributed by atoms with E-state index in [0.717, 1.165) is 12.8 Å². The van der Waals surface area contributed by atoms with Gasteiger partial charge in [0.1, 0.15) is 6.07 Å². The molecule has 0 aliphatic heterocycles. The summed E-state index contributed by atoms with van der Waals surface area (Å²) >= 11 is 0. The van der Waals surface area contributed by atoms with Crippen LogP contribution in [0.3, 0.4) is 0 Å². The Hall–Kier alpha value is -1.90. The van der Waals surface area contributed by atoms with Crippen molar-refractivity contribution in [2.45, 2.75) is 33.3 Å². The molecular weight excluding hydrogens is 242 g/mol. The van der Waals surface area contributed by atoms with Gasteiger partial charge in [0.05, 0.1) is 6.61 Å². The summed E-state index contributed by atoms with van der Waals surface area (Å²) < 4.78 is 34.0. The number of aromatic nitrogens is 1. The van der Waals surface area contributed by atoms with Crippen LogP contribution in [0.2, 0.25) is 0 Å². The largest absolute Gasteiger partial charge is 0.477 e. The van der Waals surface area contributed by atoms with Crippen molar-refractivity contribution in [1.82, 2.24) is 4.98 Å². The van der Waals surface area contributed by atoms with E-state index in [9.17, 15) is 8.78 Å². The third-order valence-corrected chi connectivity index (χ3v) is 2.14. The maximum absolute atomic E-state index is 12.2. The minimum Gasteiger partial charge on any atom is -0.477 e. The minimum absolute atomic E-state index is 0.0431. The molecule has 4 nitrogen and oxygen atoms in total. The summed E-state index contributed by atoms with van der Waals surface area (Å²) in [5, 5.41) is 8.96. The SMILES string of the molecule is CCCCOc1nc(C)cc(OC(F)F)c1C#N. The molecule has 0 aromatic carbocycles. The van der Waals surface area contributed by atoms with Crippen LogP contribution in [-0.4, -0.2) is 18.2 Å². The van der Waals surface area contributed by atoms with Crippen LogP contribution in [0.15, 0.2) is 6.07 Å². The number of aryl methyl sites for hydroxylation is 1. The van der Waals surface area contributed by atoms with E-state index in [2.05, 4.69) is 9.72 Å². The summed E-state index contributed by atoms with van der Waals surface area (Å²) in [5.41, 5.74) is 0.355. The Morgan fingerprint density at radius 1 is 1.50 bits per heavy atom. The van der Waals surface area contributed by atoms with Crippen molar-refractivity contribution in [2.24, 2.45) is 0 Å². The highest BCUT2D eigenvalue weighted by atomic mass is 19.3. The summed E-state index contributed by atoms with van der Waals surface area (Å²) in [4.78, 5) is 4.01. The normalized spacial score (nSPS) is 10.2. The molecule has 0 unspecified atom stereocenters. The smallest absolute Gasteiger partial charge is 0.387 e. The molecule has 1 aromatic rings. The fourth-order valence-corrected chi connectivity index (χ4v) is 1.33.